The van der Waals surface area contributed by atoms with E-state index in [0.29, 0.717) is 6.61 Å². The van der Waals surface area contributed by atoms with Gasteiger partial charge in [0.25, 0.3) is 0 Å². The van der Waals surface area contributed by atoms with Gasteiger partial charge in [-0.3, -0.25) is 0 Å². The Morgan fingerprint density at radius 3 is 2.26 bits per heavy atom. The summed E-state index contributed by atoms with van der Waals surface area (Å²) in [4.78, 5) is 21.6. The predicted molar refractivity (Wildman–Crippen MR) is 180 cm³/mol. The summed E-state index contributed by atoms with van der Waals surface area (Å²) in [6.07, 6.45) is 3.25. The highest BCUT2D eigenvalue weighted by atomic mass is 32.2. The van der Waals surface area contributed by atoms with Gasteiger partial charge in [0.15, 0.2) is 0 Å². The van der Waals surface area contributed by atoms with E-state index in [0.717, 1.165) is 79.4 Å². The lowest BCUT2D eigenvalue weighted by atomic mass is 9.96. The monoisotopic (exact) mass is 605 g/mol. The average molecular weight is 606 g/mol. The fraction of sp³-hybridized carbons (Fsp3) is 0.176. The van der Waals surface area contributed by atoms with Crippen molar-refractivity contribution >= 4 is 62.7 Å². The number of benzene rings is 3. The first kappa shape index (κ1) is 28.6. The molecule has 3 heterocycles. The van der Waals surface area contributed by atoms with Gasteiger partial charge in [-0.15, -0.1) is 21.5 Å². The molecular formula is C34H31N5O2S2. The number of carbonyl (C=O) groups is 1. The third kappa shape index (κ3) is 6.63. The van der Waals surface area contributed by atoms with Crippen molar-refractivity contribution in [2.75, 3.05) is 36.5 Å². The van der Waals surface area contributed by atoms with Gasteiger partial charge in [0.1, 0.15) is 10.5 Å². The largest absolute Gasteiger partial charge is 0.463 e. The molecule has 1 N–H and O–H groups in total. The second-order valence-corrected chi connectivity index (χ2v) is 12.0. The maximum atomic E-state index is 12.4. The van der Waals surface area contributed by atoms with Gasteiger partial charge < -0.3 is 15.0 Å². The van der Waals surface area contributed by atoms with E-state index in [4.69, 9.17) is 19.9 Å². The van der Waals surface area contributed by atoms with E-state index in [1.54, 1.807) is 13.0 Å². The van der Waals surface area contributed by atoms with Crippen LogP contribution in [0.15, 0.2) is 102 Å². The number of rotatable bonds is 7. The molecule has 1 saturated heterocycles. The number of aliphatic imine (C=N–C) groups is 1. The Kier molecular flexibility index (Phi) is 9.10. The summed E-state index contributed by atoms with van der Waals surface area (Å²) >= 11 is 3.41. The van der Waals surface area contributed by atoms with Crippen LogP contribution in [0.3, 0.4) is 0 Å². The van der Waals surface area contributed by atoms with Gasteiger partial charge in [-0.25, -0.2) is 9.79 Å². The molecule has 0 atom stereocenters. The van der Waals surface area contributed by atoms with Crippen LogP contribution in [-0.2, 0) is 9.53 Å². The minimum absolute atomic E-state index is 0.308. The molecule has 0 bridgehead atoms. The number of nitrogens with one attached hydrogen (secondary N) is 1. The summed E-state index contributed by atoms with van der Waals surface area (Å²) in [5.74, 6) is 2.40. The number of esters is 1. The van der Waals surface area contributed by atoms with E-state index >= 15 is 0 Å². The summed E-state index contributed by atoms with van der Waals surface area (Å²) in [7, 11) is 0. The van der Waals surface area contributed by atoms with Crippen LogP contribution in [0.25, 0.3) is 38.7 Å². The molecule has 0 unspecified atom stereocenters. The molecule has 6 rings (SSSR count). The van der Waals surface area contributed by atoms with Crippen LogP contribution >= 0.6 is 23.1 Å². The number of hydrogen-bond donors (Lipinski definition) is 1. The first-order chi connectivity index (χ1) is 21.2. The van der Waals surface area contributed by atoms with Gasteiger partial charge in [-0.2, -0.15) is 11.8 Å². The Bertz CT molecular complexity index is 1750. The summed E-state index contributed by atoms with van der Waals surface area (Å²) in [6, 6.07) is 30.4. The summed E-state index contributed by atoms with van der Waals surface area (Å²) in [5, 5.41) is 13.9. The molecular weight excluding hydrogens is 575 g/mol. The van der Waals surface area contributed by atoms with Gasteiger partial charge in [0.05, 0.1) is 17.2 Å². The highest BCUT2D eigenvalue weighted by molar-refractivity contribution is 7.99. The van der Waals surface area contributed by atoms with Gasteiger partial charge in [-0.1, -0.05) is 78.9 Å². The first-order valence-corrected chi connectivity index (χ1v) is 16.2. The van der Waals surface area contributed by atoms with Crippen molar-refractivity contribution in [1.82, 2.24) is 15.1 Å². The Morgan fingerprint density at radius 2 is 1.58 bits per heavy atom. The Morgan fingerprint density at radius 1 is 0.930 bits per heavy atom. The van der Waals surface area contributed by atoms with E-state index in [1.165, 1.54) is 17.4 Å². The van der Waals surface area contributed by atoms with Crippen LogP contribution in [-0.4, -0.2) is 58.2 Å². The smallest absolute Gasteiger partial charge is 0.330 e. The second-order valence-electron chi connectivity index (χ2n) is 9.76. The van der Waals surface area contributed by atoms with Crippen molar-refractivity contribution in [3.63, 3.8) is 0 Å². The topological polar surface area (TPSA) is 79.7 Å². The number of thiophene rings is 1. The van der Waals surface area contributed by atoms with Gasteiger partial charge >= 0.3 is 5.97 Å². The fourth-order valence-electron chi connectivity index (χ4n) is 4.94. The van der Waals surface area contributed by atoms with Crippen LogP contribution in [0.1, 0.15) is 11.8 Å². The number of carbonyl (C=O) groups excluding carboxylic acids is 1. The minimum atomic E-state index is -0.398. The van der Waals surface area contributed by atoms with Crippen LogP contribution in [0.4, 0.5) is 11.4 Å². The zero-order valence-corrected chi connectivity index (χ0v) is 25.4. The molecule has 1 aliphatic rings. The molecule has 2 aromatic heterocycles. The summed E-state index contributed by atoms with van der Waals surface area (Å²) in [5.41, 5.74) is 5.41. The Balaban J connectivity index is 1.63. The van der Waals surface area contributed by atoms with Crippen molar-refractivity contribution in [3.05, 3.63) is 102 Å². The minimum Gasteiger partial charge on any atom is -0.463 e. The molecule has 3 aromatic carbocycles. The number of anilines is 1. The number of fused-ring (bicyclic) bond motifs is 1. The van der Waals surface area contributed by atoms with Crippen molar-refractivity contribution in [2.45, 2.75) is 6.92 Å². The molecule has 0 radical (unpaired) electrons. The third-order valence-electron chi connectivity index (χ3n) is 6.94. The second kappa shape index (κ2) is 13.7. The molecule has 43 heavy (non-hydrogen) atoms. The van der Waals surface area contributed by atoms with Crippen molar-refractivity contribution in [1.29, 1.82) is 0 Å². The molecule has 0 amide bonds. The summed E-state index contributed by atoms with van der Waals surface area (Å²) < 4.78 is 5.20. The number of para-hydroxylation sites is 1. The first-order valence-electron chi connectivity index (χ1n) is 14.2. The molecule has 9 heteroatoms. The molecule has 7 nitrogen and oxygen atoms in total. The number of ether oxygens (including phenoxy) is 1. The highest BCUT2D eigenvalue weighted by Crippen LogP contribution is 2.46. The average Bonchev–Trinajstić information content (AvgIpc) is 3.42. The van der Waals surface area contributed by atoms with Crippen LogP contribution < -0.4 is 5.32 Å². The number of thioether (sulfide) groups is 1. The van der Waals surface area contributed by atoms with E-state index in [9.17, 15) is 4.79 Å². The SMILES string of the molecule is CCOC(=O)/C=C/c1sc2nnc(-c3ccccc3)c(-c3ccccc3)c2c1N=C(Nc1ccccc1)N1CCSCC1. The standard InChI is InChI=1S/C34H31N5O2S2/c1-2-41-28(40)19-18-27-32(36-34(39-20-22-42-23-21-39)35-26-16-10-5-11-17-26)30-29(24-12-6-3-7-13-24)31(37-38-33(30)43-27)25-14-8-4-9-15-25/h3-19H,2,20-23H2,1H3,(H,35,36)/b19-18+. The van der Waals surface area contributed by atoms with Gasteiger partial charge in [0, 0.05) is 52.9 Å². The highest BCUT2D eigenvalue weighted by Gasteiger charge is 2.24. The van der Waals surface area contributed by atoms with Gasteiger partial charge in [0.2, 0.25) is 5.96 Å². The van der Waals surface area contributed by atoms with Gasteiger partial charge in [-0.05, 0) is 30.7 Å². The maximum Gasteiger partial charge on any atom is 0.330 e. The van der Waals surface area contributed by atoms with E-state index in [-0.39, 0.29) is 0 Å². The van der Waals surface area contributed by atoms with Crippen LogP contribution in [0.2, 0.25) is 0 Å². The number of nitrogens with zero attached hydrogens (tertiary/aromatic N) is 4. The molecule has 216 valence electrons. The normalized spacial score (nSPS) is 13.9. The molecule has 1 aliphatic heterocycles. The lowest BCUT2D eigenvalue weighted by Crippen LogP contribution is -2.41. The van der Waals surface area contributed by atoms with E-state index in [1.807, 2.05) is 90.6 Å². The number of guanidine groups is 1. The van der Waals surface area contributed by atoms with Crippen LogP contribution in [0.5, 0.6) is 0 Å². The fourth-order valence-corrected chi connectivity index (χ4v) is 6.81. The number of aromatic nitrogens is 2. The molecule has 0 saturated carbocycles. The molecule has 0 spiro atoms. The van der Waals surface area contributed by atoms with Crippen LogP contribution in [0, 0.1) is 0 Å². The Hall–Kier alpha value is -4.47. The lowest BCUT2D eigenvalue weighted by Gasteiger charge is -2.30. The van der Waals surface area contributed by atoms with Crippen molar-refractivity contribution in [2.24, 2.45) is 4.99 Å². The lowest BCUT2D eigenvalue weighted by molar-refractivity contribution is -0.137. The number of hydrogen-bond acceptors (Lipinski definition) is 7. The van der Waals surface area contributed by atoms with Crippen molar-refractivity contribution in [3.8, 4) is 22.4 Å². The third-order valence-corrected chi connectivity index (χ3v) is 8.91. The van der Waals surface area contributed by atoms with E-state index < -0.39 is 5.97 Å². The quantitative estimate of drug-likeness (QED) is 0.0879. The predicted octanol–water partition coefficient (Wildman–Crippen LogP) is 7.75. The maximum absolute atomic E-state index is 12.4. The van der Waals surface area contributed by atoms with Crippen molar-refractivity contribution < 1.29 is 9.53 Å². The molecule has 1 fully saturated rings. The Labute approximate surface area is 259 Å². The zero-order valence-electron chi connectivity index (χ0n) is 23.8. The van der Waals surface area contributed by atoms with E-state index in [2.05, 4.69) is 22.3 Å². The summed E-state index contributed by atoms with van der Waals surface area (Å²) in [6.45, 7) is 3.86. The molecule has 0 aliphatic carbocycles. The molecule has 5 aromatic rings. The zero-order chi connectivity index (χ0) is 29.4.